The first-order chi connectivity index (χ1) is 18.4. The normalized spacial score (nSPS) is 19.2. The Bertz CT molecular complexity index is 1410. The van der Waals surface area contributed by atoms with E-state index in [1.54, 1.807) is 53.6 Å². The van der Waals surface area contributed by atoms with E-state index in [0.29, 0.717) is 46.6 Å². The zero-order chi connectivity index (χ0) is 26.8. The summed E-state index contributed by atoms with van der Waals surface area (Å²) in [6.07, 6.45) is 1.37. The molecule has 38 heavy (non-hydrogen) atoms. The van der Waals surface area contributed by atoms with Crippen molar-refractivity contribution in [2.24, 2.45) is 4.99 Å². The molecule has 1 N–H and O–H groups in total. The number of furan rings is 1. The van der Waals surface area contributed by atoms with Crippen LogP contribution < -0.4 is 10.1 Å². The van der Waals surface area contributed by atoms with E-state index < -0.39 is 12.1 Å². The van der Waals surface area contributed by atoms with Gasteiger partial charge in [-0.1, -0.05) is 23.7 Å². The third-order valence-corrected chi connectivity index (χ3v) is 6.59. The van der Waals surface area contributed by atoms with Crippen molar-refractivity contribution in [1.82, 2.24) is 15.1 Å². The van der Waals surface area contributed by atoms with Crippen molar-refractivity contribution in [2.45, 2.75) is 32.0 Å². The van der Waals surface area contributed by atoms with Crippen LogP contribution in [0.25, 0.3) is 0 Å². The van der Waals surface area contributed by atoms with Gasteiger partial charge in [-0.05, 0) is 61.9 Å². The van der Waals surface area contributed by atoms with Gasteiger partial charge in [0.1, 0.15) is 36.0 Å². The van der Waals surface area contributed by atoms with Crippen molar-refractivity contribution < 1.29 is 18.7 Å². The maximum atomic E-state index is 14.2. The number of carbonyl (C=O) groups excluding carboxylic acids is 2. The number of hydrogen-bond donors (Lipinski definition) is 1. The molecule has 0 radical (unpaired) electrons. The molecule has 2 aromatic carbocycles. The molecule has 10 heteroatoms. The second-order valence-corrected chi connectivity index (χ2v) is 9.76. The number of nitriles is 1. The van der Waals surface area contributed by atoms with Crippen LogP contribution in [0.2, 0.25) is 5.02 Å². The molecule has 0 aliphatic carbocycles. The zero-order valence-corrected chi connectivity index (χ0v) is 21.7. The first-order valence-electron chi connectivity index (χ1n) is 12.3. The summed E-state index contributed by atoms with van der Waals surface area (Å²) in [4.78, 5) is 34.5. The van der Waals surface area contributed by atoms with Gasteiger partial charge in [0, 0.05) is 18.1 Å². The molecule has 2 aliphatic rings. The molecule has 1 fully saturated rings. The van der Waals surface area contributed by atoms with E-state index in [9.17, 15) is 14.9 Å². The minimum absolute atomic E-state index is 0.0676. The number of nitrogens with zero attached hydrogens (tertiary/aromatic N) is 4. The topological polar surface area (TPSA) is 111 Å². The van der Waals surface area contributed by atoms with Crippen molar-refractivity contribution in [3.8, 4) is 11.8 Å². The summed E-state index contributed by atoms with van der Waals surface area (Å²) in [7, 11) is 0. The van der Waals surface area contributed by atoms with Gasteiger partial charge >= 0.3 is 6.03 Å². The van der Waals surface area contributed by atoms with Gasteiger partial charge in [0.25, 0.3) is 0 Å². The maximum absolute atomic E-state index is 14.2. The third-order valence-electron chi connectivity index (χ3n) is 6.34. The molecule has 3 heterocycles. The molecule has 2 unspecified atom stereocenters. The Morgan fingerprint density at radius 3 is 2.68 bits per heavy atom. The number of hydrogen-bond acceptors (Lipinski definition) is 6. The lowest BCUT2D eigenvalue weighted by molar-refractivity contribution is -0.123. The molecule has 9 nitrogen and oxygen atoms in total. The molecular weight excluding hydrogens is 506 g/mol. The second kappa shape index (κ2) is 10.6. The van der Waals surface area contributed by atoms with Gasteiger partial charge in [-0.15, -0.1) is 0 Å². The Kier molecular flexibility index (Phi) is 7.07. The van der Waals surface area contributed by atoms with Crippen LogP contribution in [0.15, 0.2) is 70.3 Å². The molecule has 3 aromatic rings. The first-order valence-corrected chi connectivity index (χ1v) is 12.7. The number of benzene rings is 2. The fraction of sp³-hybridized carbons (Fsp3) is 0.286. The fourth-order valence-corrected chi connectivity index (χ4v) is 4.81. The molecular formula is C28H26ClN5O4. The number of amidine groups is 1. The smallest absolute Gasteiger partial charge is 0.326 e. The predicted molar refractivity (Wildman–Crippen MR) is 141 cm³/mol. The quantitative estimate of drug-likeness (QED) is 0.513. The van der Waals surface area contributed by atoms with Crippen molar-refractivity contribution in [2.75, 3.05) is 19.6 Å². The molecule has 0 saturated carbocycles. The number of ether oxygens (including phenoxy) is 1. The SMILES string of the molecule is CC(C)Oc1cc(C#N)ccc1C1=NC(c2ccc(Cl)cc2)C(c2ccco2)N1C(=O)N1CCNC(=O)C1. The van der Waals surface area contributed by atoms with Crippen LogP contribution in [0.1, 0.15) is 48.4 Å². The maximum Gasteiger partial charge on any atom is 0.326 e. The Hall–Kier alpha value is -4.29. The largest absolute Gasteiger partial charge is 0.490 e. The summed E-state index contributed by atoms with van der Waals surface area (Å²) in [6.45, 7) is 4.41. The lowest BCUT2D eigenvalue weighted by Crippen LogP contribution is -2.55. The Balaban J connectivity index is 1.69. The van der Waals surface area contributed by atoms with E-state index in [2.05, 4.69) is 11.4 Å². The Morgan fingerprint density at radius 2 is 2.03 bits per heavy atom. The van der Waals surface area contributed by atoms with Crippen molar-refractivity contribution >= 4 is 29.4 Å². The molecule has 194 valence electrons. The van der Waals surface area contributed by atoms with Gasteiger partial charge in [-0.25, -0.2) is 4.79 Å². The zero-order valence-electron chi connectivity index (χ0n) is 20.9. The van der Waals surface area contributed by atoms with Gasteiger partial charge < -0.3 is 19.4 Å². The number of aliphatic imine (C=N–C) groups is 1. The highest BCUT2D eigenvalue weighted by Crippen LogP contribution is 2.45. The number of urea groups is 1. The fourth-order valence-electron chi connectivity index (χ4n) is 4.69. The highest BCUT2D eigenvalue weighted by atomic mass is 35.5. The average molecular weight is 532 g/mol. The minimum atomic E-state index is -0.638. The van der Waals surface area contributed by atoms with E-state index in [1.807, 2.05) is 26.0 Å². The second-order valence-electron chi connectivity index (χ2n) is 9.32. The molecule has 5 rings (SSSR count). The van der Waals surface area contributed by atoms with E-state index in [0.717, 1.165) is 5.56 Å². The van der Waals surface area contributed by atoms with Crippen LogP contribution in [-0.4, -0.2) is 53.3 Å². The Morgan fingerprint density at radius 1 is 1.24 bits per heavy atom. The lowest BCUT2D eigenvalue weighted by atomic mass is 9.98. The summed E-state index contributed by atoms with van der Waals surface area (Å²) in [5.41, 5.74) is 1.81. The van der Waals surface area contributed by atoms with E-state index >= 15 is 0 Å². The lowest BCUT2D eigenvalue weighted by Gasteiger charge is -2.35. The monoisotopic (exact) mass is 531 g/mol. The van der Waals surface area contributed by atoms with Crippen LogP contribution >= 0.6 is 11.6 Å². The third kappa shape index (κ3) is 4.95. The van der Waals surface area contributed by atoms with Crippen LogP contribution in [0.5, 0.6) is 5.75 Å². The molecule has 1 aromatic heterocycles. The Labute approximate surface area is 225 Å². The van der Waals surface area contributed by atoms with E-state index in [-0.39, 0.29) is 24.6 Å². The summed E-state index contributed by atoms with van der Waals surface area (Å²) < 4.78 is 11.9. The van der Waals surface area contributed by atoms with Gasteiger partial charge in [0.05, 0.1) is 29.6 Å². The molecule has 2 aliphatic heterocycles. The summed E-state index contributed by atoms with van der Waals surface area (Å²) in [5, 5.41) is 12.8. The highest BCUT2D eigenvalue weighted by Gasteiger charge is 2.46. The van der Waals surface area contributed by atoms with Gasteiger partial charge in [-0.3, -0.25) is 14.7 Å². The molecule has 3 amide bonds. The summed E-state index contributed by atoms with van der Waals surface area (Å²) in [5.74, 6) is 1.11. The highest BCUT2D eigenvalue weighted by molar-refractivity contribution is 6.30. The van der Waals surface area contributed by atoms with E-state index in [4.69, 9.17) is 25.7 Å². The number of nitrogens with one attached hydrogen (secondary N) is 1. The standard InChI is InChI=1S/C28H26ClN5O4/c1-17(2)38-23-14-18(15-30)5-10-21(23)27-32-25(19-6-8-20(29)9-7-19)26(22-4-3-13-37-22)34(27)28(36)33-12-11-31-24(35)16-33/h3-10,13-14,17,25-26H,11-12,16H2,1-2H3,(H,31,35). The van der Waals surface area contributed by atoms with E-state index in [1.165, 1.54) is 4.90 Å². The number of halogens is 1. The number of carbonyl (C=O) groups is 2. The van der Waals surface area contributed by atoms with Crippen molar-refractivity contribution in [3.63, 3.8) is 0 Å². The number of piperazine rings is 1. The van der Waals surface area contributed by atoms with Gasteiger partial charge in [0.15, 0.2) is 0 Å². The van der Waals surface area contributed by atoms with Crippen LogP contribution in [0.3, 0.4) is 0 Å². The summed E-state index contributed by atoms with van der Waals surface area (Å²) >= 11 is 6.16. The number of amides is 3. The van der Waals surface area contributed by atoms with Crippen molar-refractivity contribution in [3.05, 3.63) is 88.3 Å². The molecule has 2 atom stereocenters. The van der Waals surface area contributed by atoms with Crippen molar-refractivity contribution in [1.29, 1.82) is 5.26 Å². The minimum Gasteiger partial charge on any atom is -0.490 e. The van der Waals surface area contributed by atoms with Gasteiger partial charge in [0.2, 0.25) is 5.91 Å². The van der Waals surface area contributed by atoms with Crippen LogP contribution in [0.4, 0.5) is 4.79 Å². The molecule has 0 spiro atoms. The molecule has 0 bridgehead atoms. The first kappa shape index (κ1) is 25.4. The molecule has 1 saturated heterocycles. The predicted octanol–water partition coefficient (Wildman–Crippen LogP) is 4.69. The van der Waals surface area contributed by atoms with Crippen LogP contribution in [-0.2, 0) is 4.79 Å². The number of rotatable bonds is 5. The van der Waals surface area contributed by atoms with Crippen LogP contribution in [0, 0.1) is 11.3 Å². The van der Waals surface area contributed by atoms with Gasteiger partial charge in [-0.2, -0.15) is 5.26 Å². The summed E-state index contributed by atoms with van der Waals surface area (Å²) in [6, 6.07) is 16.5. The average Bonchev–Trinajstić information content (AvgIpc) is 3.56.